The molecule has 1 aromatic carbocycles. The monoisotopic (exact) mass is 370 g/mol. The van der Waals surface area contributed by atoms with Gasteiger partial charge in [-0.3, -0.25) is 4.79 Å². The number of hydrogen-bond donors (Lipinski definition) is 1. The van der Waals surface area contributed by atoms with E-state index >= 15 is 0 Å². The molecule has 2 aromatic rings. The average molecular weight is 370 g/mol. The van der Waals surface area contributed by atoms with Crippen LogP contribution in [-0.2, 0) is 23.0 Å². The summed E-state index contributed by atoms with van der Waals surface area (Å²) in [7, 11) is 2.05. The zero-order valence-corrected chi connectivity index (χ0v) is 15.8. The van der Waals surface area contributed by atoms with E-state index in [2.05, 4.69) is 35.3 Å². The van der Waals surface area contributed by atoms with Crippen molar-refractivity contribution in [3.63, 3.8) is 0 Å². The molecule has 1 aromatic heterocycles. The lowest BCUT2D eigenvalue weighted by atomic mass is 9.83. The second-order valence-electron chi connectivity index (χ2n) is 7.16. The number of benzene rings is 1. The molecule has 0 saturated carbocycles. The first-order chi connectivity index (χ1) is 13.2. The molecular weight excluding hydrogens is 344 g/mol. The van der Waals surface area contributed by atoms with E-state index in [4.69, 9.17) is 14.2 Å². The number of carbonyl (C=O) groups excluding carboxylic acids is 1. The van der Waals surface area contributed by atoms with E-state index in [1.165, 1.54) is 5.69 Å². The second-order valence-corrected chi connectivity index (χ2v) is 7.16. The van der Waals surface area contributed by atoms with Gasteiger partial charge in [0.1, 0.15) is 0 Å². The van der Waals surface area contributed by atoms with E-state index in [1.54, 1.807) is 0 Å². The smallest absolute Gasteiger partial charge is 0.311 e. The molecule has 6 nitrogen and oxygen atoms in total. The van der Waals surface area contributed by atoms with Gasteiger partial charge in [0.15, 0.2) is 11.5 Å². The Bertz CT molecular complexity index is 816. The minimum atomic E-state index is -0.203. The van der Waals surface area contributed by atoms with Gasteiger partial charge in [0.2, 0.25) is 6.79 Å². The third kappa shape index (κ3) is 3.54. The Morgan fingerprint density at radius 2 is 2.15 bits per heavy atom. The Hall–Kier alpha value is -2.47. The summed E-state index contributed by atoms with van der Waals surface area (Å²) in [5.74, 6) is 1.25. The number of aryl methyl sites for hydroxylation is 2. The van der Waals surface area contributed by atoms with Gasteiger partial charge in [-0.2, -0.15) is 0 Å². The highest BCUT2D eigenvalue weighted by Crippen LogP contribution is 2.40. The molecule has 0 spiro atoms. The number of nitrogens with zero attached hydrogens (tertiary/aromatic N) is 1. The number of fused-ring (bicyclic) bond motifs is 1. The van der Waals surface area contributed by atoms with Crippen LogP contribution in [0.4, 0.5) is 0 Å². The van der Waals surface area contributed by atoms with Gasteiger partial charge in [0.25, 0.3) is 0 Å². The fraction of sp³-hybridized carbons (Fsp3) is 0.476. The fourth-order valence-corrected chi connectivity index (χ4v) is 4.19. The van der Waals surface area contributed by atoms with Crippen molar-refractivity contribution in [2.24, 2.45) is 13.0 Å². The standard InChI is InChI=1S/C21H26N2O4/c1-3-25-21(24)20-16(14-6-9-18-19(11-14)27-13-26-18)12-22-17(20)8-7-15-5-4-10-23(15)2/h4-6,9-11,16-17,20,22H,3,7-8,12-13H2,1-2H3/t16-,17+,20-/m1/s1. The molecule has 2 aliphatic heterocycles. The van der Waals surface area contributed by atoms with Gasteiger partial charge in [0.05, 0.1) is 12.5 Å². The van der Waals surface area contributed by atoms with Gasteiger partial charge < -0.3 is 24.1 Å². The predicted octanol–water partition coefficient (Wildman–Crippen LogP) is 2.62. The molecule has 1 N–H and O–H groups in total. The molecule has 2 aliphatic rings. The van der Waals surface area contributed by atoms with Crippen molar-refractivity contribution in [2.75, 3.05) is 19.9 Å². The molecule has 0 unspecified atom stereocenters. The number of rotatable bonds is 6. The van der Waals surface area contributed by atoms with Crippen LogP contribution >= 0.6 is 0 Å². The molecule has 3 atom stereocenters. The van der Waals surface area contributed by atoms with Crippen molar-refractivity contribution in [2.45, 2.75) is 31.7 Å². The molecule has 27 heavy (non-hydrogen) atoms. The van der Waals surface area contributed by atoms with Crippen molar-refractivity contribution < 1.29 is 19.0 Å². The number of ether oxygens (including phenoxy) is 3. The molecule has 6 heteroatoms. The number of esters is 1. The molecule has 4 rings (SSSR count). The van der Waals surface area contributed by atoms with Crippen LogP contribution in [0.5, 0.6) is 11.5 Å². The molecule has 0 amide bonds. The number of carbonyl (C=O) groups is 1. The molecule has 1 fully saturated rings. The van der Waals surface area contributed by atoms with Crippen LogP contribution in [0.3, 0.4) is 0 Å². The minimum Gasteiger partial charge on any atom is -0.466 e. The quantitative estimate of drug-likeness (QED) is 0.792. The molecule has 1 saturated heterocycles. The molecule has 0 bridgehead atoms. The highest BCUT2D eigenvalue weighted by atomic mass is 16.7. The van der Waals surface area contributed by atoms with Crippen LogP contribution in [0.1, 0.15) is 30.5 Å². The highest BCUT2D eigenvalue weighted by molar-refractivity contribution is 5.75. The van der Waals surface area contributed by atoms with Gasteiger partial charge in [-0.25, -0.2) is 0 Å². The summed E-state index contributed by atoms with van der Waals surface area (Å²) in [6, 6.07) is 10.2. The van der Waals surface area contributed by atoms with E-state index < -0.39 is 0 Å². The molecular formula is C21H26N2O4. The van der Waals surface area contributed by atoms with Crippen LogP contribution in [0.25, 0.3) is 0 Å². The Kier molecular flexibility index (Phi) is 5.07. The van der Waals surface area contributed by atoms with Gasteiger partial charge in [-0.1, -0.05) is 6.07 Å². The van der Waals surface area contributed by atoms with Gasteiger partial charge in [-0.05, 0) is 49.6 Å². The summed E-state index contributed by atoms with van der Waals surface area (Å²) >= 11 is 0. The van der Waals surface area contributed by atoms with Crippen molar-refractivity contribution in [1.29, 1.82) is 0 Å². The van der Waals surface area contributed by atoms with Crippen LogP contribution in [0, 0.1) is 5.92 Å². The molecule has 0 aliphatic carbocycles. The first kappa shape index (κ1) is 17.9. The third-order valence-electron chi connectivity index (χ3n) is 5.61. The Morgan fingerprint density at radius 3 is 2.93 bits per heavy atom. The molecule has 3 heterocycles. The van der Waals surface area contributed by atoms with Crippen molar-refractivity contribution in [3.05, 3.63) is 47.8 Å². The third-order valence-corrected chi connectivity index (χ3v) is 5.61. The van der Waals surface area contributed by atoms with Crippen molar-refractivity contribution >= 4 is 5.97 Å². The maximum absolute atomic E-state index is 12.8. The Labute approximate surface area is 159 Å². The molecule has 144 valence electrons. The van der Waals surface area contributed by atoms with E-state index in [9.17, 15) is 4.79 Å². The van der Waals surface area contributed by atoms with E-state index in [0.29, 0.717) is 6.61 Å². The Balaban J connectivity index is 1.54. The highest BCUT2D eigenvalue weighted by Gasteiger charge is 2.42. The van der Waals surface area contributed by atoms with Crippen LogP contribution < -0.4 is 14.8 Å². The number of hydrogen-bond acceptors (Lipinski definition) is 5. The van der Waals surface area contributed by atoms with Crippen LogP contribution in [0.15, 0.2) is 36.5 Å². The first-order valence-electron chi connectivity index (χ1n) is 9.57. The zero-order valence-electron chi connectivity index (χ0n) is 15.8. The Morgan fingerprint density at radius 1 is 1.30 bits per heavy atom. The largest absolute Gasteiger partial charge is 0.466 e. The van der Waals surface area contributed by atoms with Gasteiger partial charge in [-0.15, -0.1) is 0 Å². The normalized spacial score (nSPS) is 23.6. The SMILES string of the molecule is CCOC(=O)[C@H]1[C@H](CCc2cccn2C)NC[C@@H]1c1ccc2c(c1)OCO2. The lowest BCUT2D eigenvalue weighted by molar-refractivity contribution is -0.148. The summed E-state index contributed by atoms with van der Waals surface area (Å²) in [5.41, 5.74) is 2.36. The second kappa shape index (κ2) is 7.64. The zero-order chi connectivity index (χ0) is 18.8. The van der Waals surface area contributed by atoms with Crippen LogP contribution in [-0.4, -0.2) is 36.5 Å². The number of nitrogens with one attached hydrogen (secondary N) is 1. The fourth-order valence-electron chi connectivity index (χ4n) is 4.19. The summed E-state index contributed by atoms with van der Waals surface area (Å²) in [5, 5.41) is 3.56. The minimum absolute atomic E-state index is 0.0666. The predicted molar refractivity (Wildman–Crippen MR) is 101 cm³/mol. The summed E-state index contributed by atoms with van der Waals surface area (Å²) in [6.45, 7) is 3.26. The van der Waals surface area contributed by atoms with E-state index in [-0.39, 0.29) is 30.6 Å². The van der Waals surface area contributed by atoms with Crippen LogP contribution in [0.2, 0.25) is 0 Å². The van der Waals surface area contributed by atoms with Crippen molar-refractivity contribution in [1.82, 2.24) is 9.88 Å². The summed E-state index contributed by atoms with van der Waals surface area (Å²) in [6.07, 6.45) is 3.86. The maximum atomic E-state index is 12.8. The van der Waals surface area contributed by atoms with Crippen molar-refractivity contribution in [3.8, 4) is 11.5 Å². The lowest BCUT2D eigenvalue weighted by Crippen LogP contribution is -2.34. The topological polar surface area (TPSA) is 61.7 Å². The number of aromatic nitrogens is 1. The summed E-state index contributed by atoms with van der Waals surface area (Å²) < 4.78 is 18.5. The van der Waals surface area contributed by atoms with Gasteiger partial charge in [0, 0.05) is 37.4 Å². The van der Waals surface area contributed by atoms with E-state index in [1.807, 2.05) is 25.1 Å². The summed E-state index contributed by atoms with van der Waals surface area (Å²) in [4.78, 5) is 12.8. The maximum Gasteiger partial charge on any atom is 0.311 e. The van der Waals surface area contributed by atoms with E-state index in [0.717, 1.165) is 36.4 Å². The average Bonchev–Trinajstić information content (AvgIpc) is 3.38. The lowest BCUT2D eigenvalue weighted by Gasteiger charge is -2.23. The molecule has 0 radical (unpaired) electrons. The first-order valence-corrected chi connectivity index (χ1v) is 9.57. The van der Waals surface area contributed by atoms with Gasteiger partial charge >= 0.3 is 5.97 Å².